The number of rotatable bonds is 3. The summed E-state index contributed by atoms with van der Waals surface area (Å²) in [7, 11) is 0. The fourth-order valence-corrected chi connectivity index (χ4v) is 1.00. The van der Waals surface area contributed by atoms with Crippen LogP contribution in [0.5, 0.6) is 0 Å². The van der Waals surface area contributed by atoms with Gasteiger partial charge in [-0.05, 0) is 25.3 Å². The number of carbonyl (C=O) groups excluding carboxylic acids is 1. The summed E-state index contributed by atoms with van der Waals surface area (Å²) in [6.45, 7) is 7.28. The first kappa shape index (κ1) is 11.7. The minimum Gasteiger partial charge on any atom is -0.368 e. The van der Waals surface area contributed by atoms with Crippen LogP contribution in [-0.4, -0.2) is 5.91 Å². The highest BCUT2D eigenvalue weighted by Crippen LogP contribution is 2.26. The van der Waals surface area contributed by atoms with E-state index in [0.29, 0.717) is 5.92 Å². The molecular weight excluding hydrogens is 164 g/mol. The molecule has 0 aliphatic rings. The Bertz CT molecular complexity index is 273. The predicted octanol–water partition coefficient (Wildman–Crippen LogP) is 1.60. The minimum absolute atomic E-state index is 0.312. The third kappa shape index (κ3) is 2.59. The van der Waals surface area contributed by atoms with Gasteiger partial charge in [0, 0.05) is 0 Å². The first-order chi connectivity index (χ1) is 5.84. The van der Waals surface area contributed by atoms with Gasteiger partial charge in [0.1, 0.15) is 0 Å². The number of amides is 1. The molecule has 3 heteroatoms. The molecule has 2 N–H and O–H groups in total. The summed E-state index contributed by atoms with van der Waals surface area (Å²) >= 11 is 0. The Kier molecular flexibility index (Phi) is 3.68. The highest BCUT2D eigenvalue weighted by molar-refractivity contribution is 5.86. The second-order valence-electron chi connectivity index (χ2n) is 3.69. The molecule has 3 nitrogen and oxygen atoms in total. The summed E-state index contributed by atoms with van der Waals surface area (Å²) < 4.78 is 0. The van der Waals surface area contributed by atoms with E-state index in [1.54, 1.807) is 13.8 Å². The average molecular weight is 180 g/mol. The zero-order valence-electron chi connectivity index (χ0n) is 8.59. The first-order valence-corrected chi connectivity index (χ1v) is 4.24. The van der Waals surface area contributed by atoms with Gasteiger partial charge in [0.2, 0.25) is 5.91 Å². The van der Waals surface area contributed by atoms with E-state index in [1.165, 1.54) is 0 Å². The maximum atomic E-state index is 11.0. The third-order valence-electron chi connectivity index (χ3n) is 2.09. The smallest absolute Gasteiger partial charge is 0.241 e. The highest BCUT2D eigenvalue weighted by atomic mass is 16.1. The lowest BCUT2D eigenvalue weighted by Gasteiger charge is -2.18. The zero-order chi connectivity index (χ0) is 10.6. The molecule has 0 bridgehead atoms. The molecule has 0 fully saturated rings. The molecule has 0 saturated heterocycles. The lowest BCUT2D eigenvalue weighted by Crippen LogP contribution is -2.34. The highest BCUT2D eigenvalue weighted by Gasteiger charge is 2.32. The van der Waals surface area contributed by atoms with Crippen LogP contribution >= 0.6 is 0 Å². The van der Waals surface area contributed by atoms with Crippen LogP contribution in [0.15, 0.2) is 11.6 Å². The number of primary amides is 1. The number of hydrogen-bond acceptors (Lipinski definition) is 2. The second-order valence-corrected chi connectivity index (χ2v) is 3.69. The summed E-state index contributed by atoms with van der Waals surface area (Å²) in [5.41, 5.74) is 4.71. The molecule has 1 unspecified atom stereocenters. The van der Waals surface area contributed by atoms with Crippen molar-refractivity contribution in [1.82, 2.24) is 0 Å². The van der Waals surface area contributed by atoms with Crippen LogP contribution in [0, 0.1) is 22.7 Å². The van der Waals surface area contributed by atoms with Crippen molar-refractivity contribution in [3.8, 4) is 6.07 Å². The molecule has 13 heavy (non-hydrogen) atoms. The summed E-state index contributed by atoms with van der Waals surface area (Å²) in [4.78, 5) is 11.0. The fraction of sp³-hybridized carbons (Fsp3) is 0.600. The number of carbonyl (C=O) groups is 1. The molecule has 0 radical (unpaired) electrons. The van der Waals surface area contributed by atoms with E-state index in [0.717, 1.165) is 5.57 Å². The van der Waals surface area contributed by atoms with Crippen molar-refractivity contribution in [2.75, 3.05) is 0 Å². The third-order valence-corrected chi connectivity index (χ3v) is 2.09. The van der Waals surface area contributed by atoms with Gasteiger partial charge in [0.25, 0.3) is 0 Å². The molecule has 0 aliphatic carbocycles. The molecule has 72 valence electrons. The van der Waals surface area contributed by atoms with Gasteiger partial charge in [0.15, 0.2) is 5.41 Å². The van der Waals surface area contributed by atoms with Crippen LogP contribution in [0.25, 0.3) is 0 Å². The van der Waals surface area contributed by atoms with E-state index in [-0.39, 0.29) is 0 Å². The maximum absolute atomic E-state index is 11.0. The molecular formula is C10H16N2O. The van der Waals surface area contributed by atoms with Crippen molar-refractivity contribution in [2.45, 2.75) is 27.7 Å². The minimum atomic E-state index is -1.16. The van der Waals surface area contributed by atoms with Gasteiger partial charge in [-0.1, -0.05) is 19.9 Å². The summed E-state index contributed by atoms with van der Waals surface area (Å²) in [5.74, 6) is -0.281. The number of hydrogen-bond donors (Lipinski definition) is 1. The lowest BCUT2D eigenvalue weighted by atomic mass is 9.82. The molecule has 0 aliphatic heterocycles. The SMILES string of the molecule is C/C(=C/C(C)C)C(C)(C#N)C(N)=O. The Morgan fingerprint density at radius 1 is 1.62 bits per heavy atom. The van der Waals surface area contributed by atoms with Gasteiger partial charge in [-0.2, -0.15) is 5.26 Å². The van der Waals surface area contributed by atoms with E-state index in [9.17, 15) is 4.79 Å². The largest absolute Gasteiger partial charge is 0.368 e. The van der Waals surface area contributed by atoms with E-state index >= 15 is 0 Å². The number of nitrogens with zero attached hydrogens (tertiary/aromatic N) is 1. The van der Waals surface area contributed by atoms with Crippen molar-refractivity contribution < 1.29 is 4.79 Å². The molecule has 1 atom stereocenters. The molecule has 0 aromatic rings. The molecule has 0 heterocycles. The van der Waals surface area contributed by atoms with E-state index < -0.39 is 11.3 Å². The van der Waals surface area contributed by atoms with Crippen molar-refractivity contribution >= 4 is 5.91 Å². The zero-order valence-corrected chi connectivity index (χ0v) is 8.59. The lowest BCUT2D eigenvalue weighted by molar-refractivity contribution is -0.122. The second kappa shape index (κ2) is 4.08. The Hall–Kier alpha value is -1.30. The normalized spacial score (nSPS) is 16.5. The Labute approximate surface area is 79.2 Å². The number of nitrogens with two attached hydrogens (primary N) is 1. The van der Waals surface area contributed by atoms with Crippen LogP contribution in [0.2, 0.25) is 0 Å². The van der Waals surface area contributed by atoms with E-state index in [1.807, 2.05) is 26.0 Å². The van der Waals surface area contributed by atoms with Crippen molar-refractivity contribution in [2.24, 2.45) is 17.1 Å². The molecule has 0 aromatic carbocycles. The van der Waals surface area contributed by atoms with Crippen LogP contribution in [0.3, 0.4) is 0 Å². The van der Waals surface area contributed by atoms with Crippen molar-refractivity contribution in [3.63, 3.8) is 0 Å². The van der Waals surface area contributed by atoms with Crippen LogP contribution in [0.4, 0.5) is 0 Å². The number of nitriles is 1. The van der Waals surface area contributed by atoms with Gasteiger partial charge < -0.3 is 5.73 Å². The van der Waals surface area contributed by atoms with E-state index in [2.05, 4.69) is 0 Å². The Morgan fingerprint density at radius 2 is 2.08 bits per heavy atom. The molecule has 0 aromatic heterocycles. The van der Waals surface area contributed by atoms with Gasteiger partial charge in [0.05, 0.1) is 6.07 Å². The monoisotopic (exact) mass is 180 g/mol. The van der Waals surface area contributed by atoms with Crippen LogP contribution in [0.1, 0.15) is 27.7 Å². The Morgan fingerprint density at radius 3 is 2.31 bits per heavy atom. The summed E-state index contributed by atoms with van der Waals surface area (Å²) in [6.07, 6.45) is 1.88. The van der Waals surface area contributed by atoms with Gasteiger partial charge >= 0.3 is 0 Å². The molecule has 1 amide bonds. The average Bonchev–Trinajstić information content (AvgIpc) is 2.01. The Balaban J connectivity index is 5.02. The molecule has 0 rings (SSSR count). The van der Waals surface area contributed by atoms with E-state index in [4.69, 9.17) is 11.0 Å². The maximum Gasteiger partial charge on any atom is 0.241 e. The summed E-state index contributed by atoms with van der Waals surface area (Å²) in [6, 6.07) is 1.94. The standard InChI is InChI=1S/C10H16N2O/c1-7(2)5-8(3)10(4,6-11)9(12)13/h5,7H,1-4H3,(H2,12,13)/b8-5-. The summed E-state index contributed by atoms with van der Waals surface area (Å²) in [5, 5.41) is 8.85. The van der Waals surface area contributed by atoms with Crippen molar-refractivity contribution in [1.29, 1.82) is 5.26 Å². The predicted molar refractivity (Wildman–Crippen MR) is 51.5 cm³/mol. The number of allylic oxidation sites excluding steroid dienone is 1. The first-order valence-electron chi connectivity index (χ1n) is 4.24. The van der Waals surface area contributed by atoms with Gasteiger partial charge in [-0.15, -0.1) is 0 Å². The fourth-order valence-electron chi connectivity index (χ4n) is 1.00. The van der Waals surface area contributed by atoms with Crippen LogP contribution in [-0.2, 0) is 4.79 Å². The van der Waals surface area contributed by atoms with Gasteiger partial charge in [-0.3, -0.25) is 4.79 Å². The van der Waals surface area contributed by atoms with Crippen LogP contribution < -0.4 is 5.73 Å². The van der Waals surface area contributed by atoms with Crippen molar-refractivity contribution in [3.05, 3.63) is 11.6 Å². The molecule has 0 saturated carbocycles. The molecule has 0 spiro atoms. The van der Waals surface area contributed by atoms with Gasteiger partial charge in [-0.25, -0.2) is 0 Å². The topological polar surface area (TPSA) is 66.9 Å². The quantitative estimate of drug-likeness (QED) is 0.670.